The Morgan fingerprint density at radius 1 is 1.14 bits per heavy atom. The zero-order valence-corrected chi connectivity index (χ0v) is 12.8. The number of hydrogen-bond acceptors (Lipinski definition) is 2. The highest BCUT2D eigenvalue weighted by molar-refractivity contribution is 5.41. The molecule has 1 heterocycles. The number of fused-ring (bicyclic) bond motifs is 1. The zero-order valence-electron chi connectivity index (χ0n) is 12.8. The molecule has 2 heteroatoms. The molecule has 21 heavy (non-hydrogen) atoms. The lowest BCUT2D eigenvalue weighted by molar-refractivity contribution is 0.298. The Kier molecular flexibility index (Phi) is 4.26. The van der Waals surface area contributed by atoms with Crippen LogP contribution in [0.2, 0.25) is 0 Å². The highest BCUT2D eigenvalue weighted by atomic mass is 16.5. The van der Waals surface area contributed by atoms with E-state index in [1.54, 1.807) is 0 Å². The lowest BCUT2D eigenvalue weighted by atomic mass is 9.89. The molecule has 0 radical (unpaired) electrons. The summed E-state index contributed by atoms with van der Waals surface area (Å²) in [6.07, 6.45) is 1.04. The molecule has 0 bridgehead atoms. The molecule has 2 atom stereocenters. The number of aryl methyl sites for hydroxylation is 1. The number of para-hydroxylation sites is 1. The average molecular weight is 281 g/mol. The van der Waals surface area contributed by atoms with Gasteiger partial charge in [0.1, 0.15) is 5.75 Å². The second kappa shape index (κ2) is 6.31. The fraction of sp³-hybridized carbons (Fsp3) is 0.368. The van der Waals surface area contributed by atoms with E-state index in [-0.39, 0.29) is 0 Å². The van der Waals surface area contributed by atoms with Crippen molar-refractivity contribution in [3.05, 3.63) is 65.2 Å². The average Bonchev–Trinajstić information content (AvgIpc) is 2.93. The van der Waals surface area contributed by atoms with Crippen LogP contribution in [0.5, 0.6) is 5.75 Å². The largest absolute Gasteiger partial charge is 0.493 e. The lowest BCUT2D eigenvalue weighted by Crippen LogP contribution is -2.37. The number of likely N-dealkylation sites (N-methyl/N-ethyl adjacent to an activating group) is 1. The van der Waals surface area contributed by atoms with Crippen LogP contribution >= 0.6 is 0 Å². The Morgan fingerprint density at radius 3 is 2.67 bits per heavy atom. The first-order valence-corrected chi connectivity index (χ1v) is 7.78. The van der Waals surface area contributed by atoms with E-state index < -0.39 is 0 Å². The zero-order chi connectivity index (χ0) is 14.7. The van der Waals surface area contributed by atoms with Gasteiger partial charge in [0.2, 0.25) is 0 Å². The Balaban J connectivity index is 1.80. The SMILES string of the molecule is CCNC(Cc1ccc(C)cc1)C1COc2ccccc21. The second-order valence-electron chi connectivity index (χ2n) is 5.81. The van der Waals surface area contributed by atoms with Gasteiger partial charge in [0.25, 0.3) is 0 Å². The van der Waals surface area contributed by atoms with Crippen molar-refractivity contribution in [1.29, 1.82) is 0 Å². The topological polar surface area (TPSA) is 21.3 Å². The molecular weight excluding hydrogens is 258 g/mol. The maximum absolute atomic E-state index is 5.86. The van der Waals surface area contributed by atoms with E-state index in [2.05, 4.69) is 61.6 Å². The summed E-state index contributed by atoms with van der Waals surface area (Å²) in [5.41, 5.74) is 4.04. The van der Waals surface area contributed by atoms with Crippen molar-refractivity contribution in [2.75, 3.05) is 13.2 Å². The molecule has 0 saturated heterocycles. The molecule has 3 rings (SSSR count). The normalized spacial score (nSPS) is 18.1. The summed E-state index contributed by atoms with van der Waals surface area (Å²) >= 11 is 0. The van der Waals surface area contributed by atoms with Crippen molar-refractivity contribution in [2.24, 2.45) is 0 Å². The van der Waals surface area contributed by atoms with Crippen LogP contribution in [0.4, 0.5) is 0 Å². The van der Waals surface area contributed by atoms with Crippen molar-refractivity contribution in [2.45, 2.75) is 32.2 Å². The van der Waals surface area contributed by atoms with Crippen LogP contribution in [-0.4, -0.2) is 19.2 Å². The van der Waals surface area contributed by atoms with Crippen LogP contribution in [0, 0.1) is 6.92 Å². The number of ether oxygens (including phenoxy) is 1. The molecule has 2 aromatic rings. The van der Waals surface area contributed by atoms with Gasteiger partial charge in [-0.25, -0.2) is 0 Å². The molecule has 1 N–H and O–H groups in total. The van der Waals surface area contributed by atoms with Gasteiger partial charge in [0.15, 0.2) is 0 Å². The molecule has 0 spiro atoms. The minimum absolute atomic E-state index is 0.418. The Labute approximate surface area is 127 Å². The number of nitrogens with one attached hydrogen (secondary N) is 1. The summed E-state index contributed by atoms with van der Waals surface area (Å²) in [5.74, 6) is 1.48. The summed E-state index contributed by atoms with van der Waals surface area (Å²) in [4.78, 5) is 0. The van der Waals surface area contributed by atoms with Crippen molar-refractivity contribution < 1.29 is 4.74 Å². The van der Waals surface area contributed by atoms with E-state index in [9.17, 15) is 0 Å². The molecule has 1 aliphatic heterocycles. The highest BCUT2D eigenvalue weighted by Crippen LogP contribution is 2.36. The first-order valence-electron chi connectivity index (χ1n) is 7.78. The van der Waals surface area contributed by atoms with Crippen molar-refractivity contribution in [3.8, 4) is 5.75 Å². The van der Waals surface area contributed by atoms with Gasteiger partial charge < -0.3 is 10.1 Å². The monoisotopic (exact) mass is 281 g/mol. The number of rotatable bonds is 5. The van der Waals surface area contributed by atoms with E-state index in [4.69, 9.17) is 4.74 Å². The maximum Gasteiger partial charge on any atom is 0.122 e. The van der Waals surface area contributed by atoms with Gasteiger partial charge in [-0.2, -0.15) is 0 Å². The fourth-order valence-corrected chi connectivity index (χ4v) is 3.12. The van der Waals surface area contributed by atoms with Gasteiger partial charge in [-0.1, -0.05) is 55.0 Å². The van der Waals surface area contributed by atoms with E-state index in [0.29, 0.717) is 12.0 Å². The van der Waals surface area contributed by atoms with Gasteiger partial charge >= 0.3 is 0 Å². The molecule has 0 saturated carbocycles. The van der Waals surface area contributed by atoms with E-state index in [1.165, 1.54) is 16.7 Å². The van der Waals surface area contributed by atoms with Gasteiger partial charge in [-0.3, -0.25) is 0 Å². The van der Waals surface area contributed by atoms with E-state index in [0.717, 1.165) is 25.3 Å². The molecule has 0 amide bonds. The molecular formula is C19H23NO. The lowest BCUT2D eigenvalue weighted by Gasteiger charge is -2.24. The maximum atomic E-state index is 5.86. The molecule has 2 aromatic carbocycles. The van der Waals surface area contributed by atoms with Gasteiger partial charge in [0.05, 0.1) is 6.61 Å². The van der Waals surface area contributed by atoms with Crippen LogP contribution in [0.25, 0.3) is 0 Å². The number of benzene rings is 2. The quantitative estimate of drug-likeness (QED) is 0.902. The Morgan fingerprint density at radius 2 is 1.90 bits per heavy atom. The first-order chi connectivity index (χ1) is 10.3. The summed E-state index contributed by atoms with van der Waals surface area (Å²) in [5, 5.41) is 3.65. The predicted molar refractivity (Wildman–Crippen MR) is 87.0 cm³/mol. The predicted octanol–water partition coefficient (Wildman–Crippen LogP) is 3.69. The molecule has 2 unspecified atom stereocenters. The fourth-order valence-electron chi connectivity index (χ4n) is 3.12. The van der Waals surface area contributed by atoms with Crippen molar-refractivity contribution in [1.82, 2.24) is 5.32 Å². The molecule has 0 aliphatic carbocycles. The molecule has 110 valence electrons. The summed E-state index contributed by atoms with van der Waals surface area (Å²) in [7, 11) is 0. The smallest absolute Gasteiger partial charge is 0.122 e. The van der Waals surface area contributed by atoms with Crippen LogP contribution in [-0.2, 0) is 6.42 Å². The second-order valence-corrected chi connectivity index (χ2v) is 5.81. The molecule has 2 nitrogen and oxygen atoms in total. The van der Waals surface area contributed by atoms with E-state index >= 15 is 0 Å². The van der Waals surface area contributed by atoms with Crippen LogP contribution in [0.3, 0.4) is 0 Å². The Hall–Kier alpha value is -1.80. The molecule has 1 aliphatic rings. The third-order valence-corrected chi connectivity index (χ3v) is 4.27. The first kappa shape index (κ1) is 14.2. The van der Waals surface area contributed by atoms with Gasteiger partial charge in [-0.15, -0.1) is 0 Å². The highest BCUT2D eigenvalue weighted by Gasteiger charge is 2.30. The third-order valence-electron chi connectivity index (χ3n) is 4.27. The van der Waals surface area contributed by atoms with Gasteiger partial charge in [0, 0.05) is 17.5 Å². The molecule has 0 fully saturated rings. The number of hydrogen-bond donors (Lipinski definition) is 1. The van der Waals surface area contributed by atoms with Crippen molar-refractivity contribution >= 4 is 0 Å². The van der Waals surface area contributed by atoms with Crippen LogP contribution < -0.4 is 10.1 Å². The minimum Gasteiger partial charge on any atom is -0.493 e. The van der Waals surface area contributed by atoms with E-state index in [1.807, 2.05) is 6.07 Å². The summed E-state index contributed by atoms with van der Waals surface area (Å²) in [6.45, 7) is 6.06. The summed E-state index contributed by atoms with van der Waals surface area (Å²) in [6, 6.07) is 17.7. The molecule has 0 aromatic heterocycles. The Bertz CT molecular complexity index is 591. The van der Waals surface area contributed by atoms with Gasteiger partial charge in [-0.05, 0) is 31.5 Å². The van der Waals surface area contributed by atoms with Crippen molar-refractivity contribution in [3.63, 3.8) is 0 Å². The van der Waals surface area contributed by atoms with Crippen LogP contribution in [0.1, 0.15) is 29.5 Å². The van der Waals surface area contributed by atoms with Crippen LogP contribution in [0.15, 0.2) is 48.5 Å². The summed E-state index contributed by atoms with van der Waals surface area (Å²) < 4.78 is 5.86. The standard InChI is InChI=1S/C19H23NO/c1-3-20-18(12-15-10-8-14(2)9-11-15)17-13-21-19-7-5-4-6-16(17)19/h4-11,17-18,20H,3,12-13H2,1-2H3. The third kappa shape index (κ3) is 3.11. The minimum atomic E-state index is 0.418.